The van der Waals surface area contributed by atoms with Crippen LogP contribution in [-0.4, -0.2) is 25.5 Å². The van der Waals surface area contributed by atoms with Crippen LogP contribution in [0.1, 0.15) is 6.92 Å². The maximum absolute atomic E-state index is 13.0. The van der Waals surface area contributed by atoms with Gasteiger partial charge in [0.05, 0.1) is 20.6 Å². The number of hydrogen-bond donors (Lipinski definition) is 1. The Morgan fingerprint density at radius 3 is 2.21 bits per heavy atom. The zero-order chi connectivity index (χ0) is 18.1. The van der Waals surface area contributed by atoms with Gasteiger partial charge in [-0.25, -0.2) is 13.2 Å². The fourth-order valence-corrected chi connectivity index (χ4v) is 4.22. The molecule has 0 aliphatic rings. The maximum Gasteiger partial charge on any atom is 0.327 e. The fourth-order valence-electron chi connectivity index (χ4n) is 2.03. The lowest BCUT2D eigenvalue weighted by molar-refractivity contribution is -0.137. The number of benzene rings is 2. The molecule has 0 heterocycles. The number of hydrogen-bond acceptors (Lipinski definition) is 3. The number of carbonyl (C=O) groups is 1. The first-order valence-corrected chi connectivity index (χ1v) is 9.20. The van der Waals surface area contributed by atoms with Crippen molar-refractivity contribution in [3.05, 3.63) is 57.5 Å². The molecule has 1 atom stereocenters. The highest BCUT2D eigenvalue weighted by Gasteiger charge is 2.34. The summed E-state index contributed by atoms with van der Waals surface area (Å²) < 4.78 is 26.7. The second-order valence-corrected chi connectivity index (χ2v) is 7.88. The molecule has 0 aliphatic carbocycles. The Kier molecular flexibility index (Phi) is 5.65. The van der Waals surface area contributed by atoms with Crippen molar-refractivity contribution in [1.29, 1.82) is 0 Å². The second kappa shape index (κ2) is 7.19. The van der Waals surface area contributed by atoms with Crippen molar-refractivity contribution in [1.82, 2.24) is 0 Å². The number of anilines is 1. The molecule has 1 unspecified atom stereocenters. The van der Waals surface area contributed by atoms with E-state index in [0.29, 0.717) is 5.02 Å². The van der Waals surface area contributed by atoms with Gasteiger partial charge in [-0.05, 0) is 43.3 Å². The Hall–Kier alpha value is -1.47. The van der Waals surface area contributed by atoms with Crippen molar-refractivity contribution in [2.75, 3.05) is 4.31 Å². The Balaban J connectivity index is 2.69. The zero-order valence-corrected chi connectivity index (χ0v) is 15.4. The van der Waals surface area contributed by atoms with Gasteiger partial charge in [0.2, 0.25) is 0 Å². The van der Waals surface area contributed by atoms with Gasteiger partial charge in [0.15, 0.2) is 0 Å². The largest absolute Gasteiger partial charge is 0.480 e. The Morgan fingerprint density at radius 2 is 1.67 bits per heavy atom. The van der Waals surface area contributed by atoms with Crippen LogP contribution in [0.3, 0.4) is 0 Å². The standard InChI is InChI=1S/C15H12Cl3NO4S/c1-9(15(20)21)19(13-4-2-3-12(17)14(13)18)24(22,23)11-7-5-10(16)6-8-11/h2-9H,1H3,(H,20,21). The molecule has 0 spiro atoms. The number of halogens is 3. The molecule has 0 saturated heterocycles. The van der Waals surface area contributed by atoms with E-state index < -0.39 is 22.0 Å². The lowest BCUT2D eigenvalue weighted by Crippen LogP contribution is -2.43. The predicted octanol–water partition coefficient (Wildman–Crippen LogP) is 4.32. The summed E-state index contributed by atoms with van der Waals surface area (Å²) in [5.41, 5.74) is -0.0194. The molecule has 0 amide bonds. The molecule has 9 heteroatoms. The first kappa shape index (κ1) is 18.9. The van der Waals surface area contributed by atoms with Crippen LogP contribution in [0.25, 0.3) is 0 Å². The van der Waals surface area contributed by atoms with Crippen LogP contribution in [0.2, 0.25) is 15.1 Å². The summed E-state index contributed by atoms with van der Waals surface area (Å²) in [5, 5.41) is 9.74. The molecule has 0 fully saturated rings. The van der Waals surface area contributed by atoms with Gasteiger partial charge in [-0.2, -0.15) is 0 Å². The van der Waals surface area contributed by atoms with E-state index in [4.69, 9.17) is 34.8 Å². The minimum absolute atomic E-state index is 0.0194. The van der Waals surface area contributed by atoms with Crippen LogP contribution in [-0.2, 0) is 14.8 Å². The molecule has 2 rings (SSSR count). The summed E-state index contributed by atoms with van der Waals surface area (Å²) in [7, 11) is -4.20. The van der Waals surface area contributed by atoms with Gasteiger partial charge < -0.3 is 5.11 Å². The number of carboxylic acids is 1. The molecular weight excluding hydrogens is 397 g/mol. The zero-order valence-electron chi connectivity index (χ0n) is 12.3. The van der Waals surface area contributed by atoms with Crippen molar-refractivity contribution in [2.45, 2.75) is 17.9 Å². The van der Waals surface area contributed by atoms with Crippen molar-refractivity contribution in [2.24, 2.45) is 0 Å². The van der Waals surface area contributed by atoms with E-state index in [2.05, 4.69) is 0 Å². The van der Waals surface area contributed by atoms with Gasteiger partial charge >= 0.3 is 5.97 Å². The van der Waals surface area contributed by atoms with Crippen molar-refractivity contribution >= 4 is 56.5 Å². The highest BCUT2D eigenvalue weighted by Crippen LogP contribution is 2.36. The average molecular weight is 409 g/mol. The Bertz CT molecular complexity index is 869. The Morgan fingerprint density at radius 1 is 1.08 bits per heavy atom. The van der Waals surface area contributed by atoms with Crippen LogP contribution in [0, 0.1) is 0 Å². The quantitative estimate of drug-likeness (QED) is 0.799. The van der Waals surface area contributed by atoms with Crippen LogP contribution in [0.15, 0.2) is 47.4 Å². The number of sulfonamides is 1. The van der Waals surface area contributed by atoms with Crippen LogP contribution in [0.4, 0.5) is 5.69 Å². The minimum Gasteiger partial charge on any atom is -0.480 e. The van der Waals surface area contributed by atoms with E-state index >= 15 is 0 Å². The lowest BCUT2D eigenvalue weighted by atomic mass is 10.2. The van der Waals surface area contributed by atoms with E-state index in [-0.39, 0.29) is 20.6 Å². The van der Waals surface area contributed by atoms with Crippen molar-refractivity contribution in [3.8, 4) is 0 Å². The number of aliphatic carboxylic acids is 1. The molecule has 1 N–H and O–H groups in total. The summed E-state index contributed by atoms with van der Waals surface area (Å²) in [6.07, 6.45) is 0. The Labute approximate surface area is 154 Å². The summed E-state index contributed by atoms with van der Waals surface area (Å²) in [6, 6.07) is 8.34. The first-order chi connectivity index (χ1) is 11.2. The van der Waals surface area contributed by atoms with E-state index in [1.54, 1.807) is 0 Å². The molecule has 0 radical (unpaired) electrons. The maximum atomic E-state index is 13.0. The smallest absolute Gasteiger partial charge is 0.327 e. The van der Waals surface area contributed by atoms with Crippen LogP contribution in [0.5, 0.6) is 0 Å². The summed E-state index contributed by atoms with van der Waals surface area (Å²) in [5.74, 6) is -1.33. The average Bonchev–Trinajstić information content (AvgIpc) is 2.51. The van der Waals surface area contributed by atoms with Crippen LogP contribution < -0.4 is 4.31 Å². The van der Waals surface area contributed by atoms with Crippen molar-refractivity contribution < 1.29 is 18.3 Å². The SMILES string of the molecule is CC(C(=O)O)N(c1cccc(Cl)c1Cl)S(=O)(=O)c1ccc(Cl)cc1. The molecule has 0 aromatic heterocycles. The summed E-state index contributed by atoms with van der Waals surface area (Å²) >= 11 is 17.8. The number of rotatable bonds is 5. The van der Waals surface area contributed by atoms with Crippen molar-refractivity contribution in [3.63, 3.8) is 0 Å². The molecule has 2 aromatic carbocycles. The van der Waals surface area contributed by atoms with E-state index in [1.807, 2.05) is 0 Å². The highest BCUT2D eigenvalue weighted by molar-refractivity contribution is 7.93. The number of carboxylic acid groups (broad SMARTS) is 1. The van der Waals surface area contributed by atoms with E-state index in [1.165, 1.54) is 49.4 Å². The summed E-state index contributed by atoms with van der Waals surface area (Å²) in [4.78, 5) is 11.3. The molecular formula is C15H12Cl3NO4S. The van der Waals surface area contributed by atoms with Gasteiger partial charge in [-0.3, -0.25) is 4.31 Å². The molecule has 0 bridgehead atoms. The highest BCUT2D eigenvalue weighted by atomic mass is 35.5. The third-order valence-electron chi connectivity index (χ3n) is 3.25. The van der Waals surface area contributed by atoms with Gasteiger partial charge in [0.25, 0.3) is 10.0 Å². The molecule has 0 saturated carbocycles. The van der Waals surface area contributed by atoms with E-state index in [9.17, 15) is 18.3 Å². The van der Waals surface area contributed by atoms with Gasteiger partial charge in [0, 0.05) is 5.02 Å². The molecule has 5 nitrogen and oxygen atoms in total. The molecule has 128 valence electrons. The normalized spacial score (nSPS) is 12.7. The van der Waals surface area contributed by atoms with Gasteiger partial charge in [-0.15, -0.1) is 0 Å². The summed E-state index contributed by atoms with van der Waals surface area (Å²) in [6.45, 7) is 1.24. The first-order valence-electron chi connectivity index (χ1n) is 6.63. The third-order valence-corrected chi connectivity index (χ3v) is 6.21. The molecule has 2 aromatic rings. The minimum atomic E-state index is -4.20. The lowest BCUT2D eigenvalue weighted by Gasteiger charge is -2.29. The van der Waals surface area contributed by atoms with Gasteiger partial charge in [-0.1, -0.05) is 40.9 Å². The van der Waals surface area contributed by atoms with E-state index in [0.717, 1.165) is 4.31 Å². The topological polar surface area (TPSA) is 74.7 Å². The van der Waals surface area contributed by atoms with Crippen LogP contribution >= 0.6 is 34.8 Å². The predicted molar refractivity (Wildman–Crippen MR) is 94.7 cm³/mol. The number of nitrogens with zero attached hydrogens (tertiary/aromatic N) is 1. The molecule has 24 heavy (non-hydrogen) atoms. The fraction of sp³-hybridized carbons (Fsp3) is 0.133. The molecule has 0 aliphatic heterocycles. The monoisotopic (exact) mass is 407 g/mol. The second-order valence-electron chi connectivity index (χ2n) is 4.84. The third kappa shape index (κ3) is 3.62. The van der Waals surface area contributed by atoms with Gasteiger partial charge in [0.1, 0.15) is 6.04 Å².